The van der Waals surface area contributed by atoms with Crippen LogP contribution in [0.5, 0.6) is 0 Å². The highest BCUT2D eigenvalue weighted by atomic mass is 33.1. The summed E-state index contributed by atoms with van der Waals surface area (Å²) in [4.78, 5) is 23.3. The van der Waals surface area contributed by atoms with Crippen molar-refractivity contribution in [2.75, 3.05) is 12.3 Å². The molecule has 124 valence electrons. The Hall–Kier alpha value is -0.160. The van der Waals surface area contributed by atoms with Crippen LogP contribution in [-0.4, -0.2) is 29.2 Å². The topological polar surface area (TPSA) is 46.2 Å². The van der Waals surface area contributed by atoms with Gasteiger partial charge in [-0.1, -0.05) is 62.6 Å². The monoisotopic (exact) mass is 333 g/mol. The highest BCUT2D eigenvalue weighted by Gasteiger charge is 2.19. The Morgan fingerprint density at radius 2 is 1.71 bits per heavy atom. The van der Waals surface area contributed by atoms with Crippen LogP contribution in [-0.2, 0) is 9.59 Å². The lowest BCUT2D eigenvalue weighted by atomic mass is 9.88. The normalized spacial score (nSPS) is 11.7. The van der Waals surface area contributed by atoms with Gasteiger partial charge in [0.2, 0.25) is 5.91 Å². The molecule has 3 nitrogen and oxygen atoms in total. The van der Waals surface area contributed by atoms with Gasteiger partial charge in [0.1, 0.15) is 5.78 Å². The van der Waals surface area contributed by atoms with Crippen molar-refractivity contribution in [2.45, 2.75) is 72.0 Å². The van der Waals surface area contributed by atoms with Crippen LogP contribution in [0.15, 0.2) is 0 Å². The van der Waals surface area contributed by atoms with Crippen molar-refractivity contribution in [1.29, 1.82) is 0 Å². The van der Waals surface area contributed by atoms with Crippen LogP contribution in [0.2, 0.25) is 0 Å². The van der Waals surface area contributed by atoms with Gasteiger partial charge in [0, 0.05) is 35.8 Å². The summed E-state index contributed by atoms with van der Waals surface area (Å²) in [6.45, 7) is 10.9. The number of rotatable bonds is 11. The van der Waals surface area contributed by atoms with E-state index in [9.17, 15) is 9.59 Å². The fourth-order valence-corrected chi connectivity index (χ4v) is 3.59. The zero-order valence-electron chi connectivity index (χ0n) is 14.2. The number of ketones is 1. The number of Topliss-reactive ketones (excluding diaryl/α,β-unsaturated/α-hetero) is 1. The van der Waals surface area contributed by atoms with Gasteiger partial charge in [-0.2, -0.15) is 0 Å². The van der Waals surface area contributed by atoms with Crippen LogP contribution < -0.4 is 5.32 Å². The number of carbonyl (C=O) groups excluding carboxylic acids is 2. The van der Waals surface area contributed by atoms with Crippen molar-refractivity contribution >= 4 is 33.3 Å². The average Bonchev–Trinajstić information content (AvgIpc) is 2.37. The quantitative estimate of drug-likeness (QED) is 0.448. The molecule has 5 heteroatoms. The van der Waals surface area contributed by atoms with Gasteiger partial charge in [-0.25, -0.2) is 0 Å². The molecule has 0 fully saturated rings. The van der Waals surface area contributed by atoms with Crippen molar-refractivity contribution in [3.05, 3.63) is 0 Å². The molecule has 0 heterocycles. The Bertz CT molecular complexity index is 312. The molecule has 0 aromatic heterocycles. The molecule has 0 saturated carbocycles. The van der Waals surface area contributed by atoms with Crippen LogP contribution in [0, 0.1) is 5.41 Å². The number of hydrogen-bond donors (Lipinski definition) is 1. The summed E-state index contributed by atoms with van der Waals surface area (Å²) in [6, 6.07) is 0. The maximum atomic E-state index is 11.7. The Balaban J connectivity index is 3.42. The first kappa shape index (κ1) is 20.8. The summed E-state index contributed by atoms with van der Waals surface area (Å²) in [5, 5.41) is 3.55. The molecule has 1 amide bonds. The summed E-state index contributed by atoms with van der Waals surface area (Å²) < 4.78 is 0. The van der Waals surface area contributed by atoms with E-state index in [0.717, 1.165) is 31.6 Å². The molecule has 0 rings (SSSR count). The van der Waals surface area contributed by atoms with Crippen LogP contribution >= 0.6 is 21.6 Å². The number of carbonyl (C=O) groups is 2. The number of nitrogens with one attached hydrogen (secondary N) is 1. The van der Waals surface area contributed by atoms with E-state index in [1.54, 1.807) is 10.8 Å². The maximum Gasteiger partial charge on any atom is 0.220 e. The Labute approximate surface area is 138 Å². The molecule has 0 unspecified atom stereocenters. The highest BCUT2D eigenvalue weighted by Crippen LogP contribution is 2.26. The molecule has 0 aromatic rings. The second-order valence-corrected chi connectivity index (χ2v) is 9.61. The van der Waals surface area contributed by atoms with Crippen LogP contribution in [0.3, 0.4) is 0 Å². The van der Waals surface area contributed by atoms with E-state index in [0.29, 0.717) is 23.9 Å². The van der Waals surface area contributed by atoms with Gasteiger partial charge < -0.3 is 5.32 Å². The zero-order valence-corrected chi connectivity index (χ0v) is 15.8. The van der Waals surface area contributed by atoms with E-state index < -0.39 is 0 Å². The standard InChI is InChI=1S/C16H31NO2S2/c1-13(2)21-20-12-10-15(19)17-11-8-6-7-9-14(18)16(3,4)5/h13H,6-12H2,1-5H3,(H,17,19). The smallest absolute Gasteiger partial charge is 0.220 e. The molecule has 0 aliphatic carbocycles. The molecule has 0 radical (unpaired) electrons. The first-order valence-corrected chi connectivity index (χ1v) is 10.2. The van der Waals surface area contributed by atoms with Crippen molar-refractivity contribution < 1.29 is 9.59 Å². The molecular weight excluding hydrogens is 302 g/mol. The second-order valence-electron chi connectivity index (χ2n) is 6.55. The van der Waals surface area contributed by atoms with E-state index in [-0.39, 0.29) is 11.3 Å². The number of unbranched alkanes of at least 4 members (excludes halogenated alkanes) is 2. The van der Waals surface area contributed by atoms with Crippen molar-refractivity contribution in [3.8, 4) is 0 Å². The largest absolute Gasteiger partial charge is 0.356 e. The summed E-state index contributed by atoms with van der Waals surface area (Å²) in [5.74, 6) is 1.33. The lowest BCUT2D eigenvalue weighted by Crippen LogP contribution is -2.24. The Morgan fingerprint density at radius 3 is 2.29 bits per heavy atom. The number of amides is 1. The predicted octanol–water partition coefficient (Wildman–Crippen LogP) is 4.46. The third-order valence-corrected chi connectivity index (χ3v) is 5.87. The zero-order chi connectivity index (χ0) is 16.3. The maximum absolute atomic E-state index is 11.7. The lowest BCUT2D eigenvalue weighted by Gasteiger charge is -2.16. The predicted molar refractivity (Wildman–Crippen MR) is 95.7 cm³/mol. The SMILES string of the molecule is CC(C)SSCCC(=O)NCCCCCC(=O)C(C)(C)C. The molecule has 0 aliphatic rings. The van der Waals surface area contributed by atoms with Crippen LogP contribution in [0.4, 0.5) is 0 Å². The molecule has 0 bridgehead atoms. The summed E-state index contributed by atoms with van der Waals surface area (Å²) in [7, 11) is 3.58. The third-order valence-electron chi connectivity index (χ3n) is 2.91. The van der Waals surface area contributed by atoms with E-state index in [2.05, 4.69) is 19.2 Å². The molecule has 0 saturated heterocycles. The minimum Gasteiger partial charge on any atom is -0.356 e. The summed E-state index contributed by atoms with van der Waals surface area (Å²) >= 11 is 0. The highest BCUT2D eigenvalue weighted by molar-refractivity contribution is 8.76. The second kappa shape index (κ2) is 11.4. The Kier molecular flexibility index (Phi) is 11.3. The van der Waals surface area contributed by atoms with Crippen molar-refractivity contribution in [3.63, 3.8) is 0 Å². The first-order chi connectivity index (χ1) is 9.73. The van der Waals surface area contributed by atoms with E-state index in [1.165, 1.54) is 0 Å². The molecular formula is C16H31NO2S2. The van der Waals surface area contributed by atoms with Gasteiger partial charge >= 0.3 is 0 Å². The van der Waals surface area contributed by atoms with E-state index >= 15 is 0 Å². The van der Waals surface area contributed by atoms with E-state index in [1.807, 2.05) is 31.6 Å². The molecule has 0 aromatic carbocycles. The van der Waals surface area contributed by atoms with Gasteiger partial charge in [0.25, 0.3) is 0 Å². The van der Waals surface area contributed by atoms with Gasteiger partial charge in [0.15, 0.2) is 0 Å². The van der Waals surface area contributed by atoms with Gasteiger partial charge in [-0.15, -0.1) is 0 Å². The lowest BCUT2D eigenvalue weighted by molar-refractivity contribution is -0.126. The molecule has 1 N–H and O–H groups in total. The fraction of sp³-hybridized carbons (Fsp3) is 0.875. The van der Waals surface area contributed by atoms with Gasteiger partial charge in [-0.3, -0.25) is 9.59 Å². The minimum absolute atomic E-state index is 0.137. The van der Waals surface area contributed by atoms with Crippen LogP contribution in [0.1, 0.15) is 66.7 Å². The minimum atomic E-state index is -0.222. The van der Waals surface area contributed by atoms with Gasteiger partial charge in [0.05, 0.1) is 0 Å². The average molecular weight is 334 g/mol. The molecule has 0 spiro atoms. The van der Waals surface area contributed by atoms with Crippen molar-refractivity contribution in [2.24, 2.45) is 5.41 Å². The first-order valence-electron chi connectivity index (χ1n) is 7.81. The fourth-order valence-electron chi connectivity index (χ4n) is 1.60. The summed E-state index contributed by atoms with van der Waals surface area (Å²) in [5.41, 5.74) is -0.222. The molecule has 0 atom stereocenters. The third kappa shape index (κ3) is 13.2. The summed E-state index contributed by atoms with van der Waals surface area (Å²) in [6.07, 6.45) is 4.12. The van der Waals surface area contributed by atoms with Gasteiger partial charge in [-0.05, 0) is 12.8 Å². The molecule has 0 aliphatic heterocycles. The van der Waals surface area contributed by atoms with Crippen LogP contribution in [0.25, 0.3) is 0 Å². The Morgan fingerprint density at radius 1 is 1.05 bits per heavy atom. The number of hydrogen-bond acceptors (Lipinski definition) is 4. The van der Waals surface area contributed by atoms with Crippen molar-refractivity contribution in [1.82, 2.24) is 5.32 Å². The molecule has 21 heavy (non-hydrogen) atoms. The van der Waals surface area contributed by atoms with E-state index in [4.69, 9.17) is 0 Å².